The average Bonchev–Trinajstić information content (AvgIpc) is 2.86. The molecule has 0 bridgehead atoms. The van der Waals surface area contributed by atoms with E-state index in [0.717, 1.165) is 11.4 Å². The third-order valence-electron chi connectivity index (χ3n) is 2.48. The minimum atomic E-state index is 0. The molecule has 0 aliphatic rings. The monoisotopic (exact) mass is 290 g/mol. The molecule has 0 unspecified atom stereocenters. The van der Waals surface area contributed by atoms with E-state index in [2.05, 4.69) is 5.32 Å². The van der Waals surface area contributed by atoms with Gasteiger partial charge < -0.3 is 10.2 Å². The second kappa shape index (κ2) is 9.08. The Morgan fingerprint density at radius 2 is 2.11 bits per heavy atom. The number of likely N-dealkylation sites (N-methyl/N-ethyl adjacent to an activating group) is 2. The van der Waals surface area contributed by atoms with Gasteiger partial charge in [0.1, 0.15) is 0 Å². The Balaban J connectivity index is 0.00000289. The van der Waals surface area contributed by atoms with E-state index in [1.165, 1.54) is 11.3 Å². The summed E-state index contributed by atoms with van der Waals surface area (Å²) in [5, 5.41) is 4.85. The van der Waals surface area contributed by atoms with Gasteiger partial charge in [-0.05, 0) is 18.5 Å². The summed E-state index contributed by atoms with van der Waals surface area (Å²) in [5.41, 5.74) is 0. The van der Waals surface area contributed by atoms with E-state index in [-0.39, 0.29) is 30.5 Å². The zero-order valence-electron chi connectivity index (χ0n) is 10.6. The number of carbonyl (C=O) groups is 2. The Labute approximate surface area is 118 Å². The molecule has 0 radical (unpaired) electrons. The van der Waals surface area contributed by atoms with Gasteiger partial charge in [-0.3, -0.25) is 9.59 Å². The van der Waals surface area contributed by atoms with Crippen molar-refractivity contribution in [1.29, 1.82) is 0 Å². The van der Waals surface area contributed by atoms with Gasteiger partial charge in [-0.25, -0.2) is 0 Å². The predicted octanol–water partition coefficient (Wildman–Crippen LogP) is 1.81. The minimum Gasteiger partial charge on any atom is -0.344 e. The van der Waals surface area contributed by atoms with Crippen LogP contribution in [0.15, 0.2) is 17.5 Å². The Kier molecular flexibility index (Phi) is 8.62. The minimum absolute atomic E-state index is 0. The molecular weight excluding hydrogens is 272 g/mol. The summed E-state index contributed by atoms with van der Waals surface area (Å²) in [5.74, 6) is 0.0699. The first kappa shape index (κ1) is 17.1. The van der Waals surface area contributed by atoms with Crippen LogP contribution in [-0.2, 0) is 4.79 Å². The van der Waals surface area contributed by atoms with Crippen LogP contribution >= 0.6 is 23.7 Å². The lowest BCUT2D eigenvalue weighted by Crippen LogP contribution is -2.32. The fraction of sp³-hybridized carbons (Fsp3) is 0.500. The number of thiophene rings is 1. The Hall–Kier alpha value is -0.910. The highest BCUT2D eigenvalue weighted by molar-refractivity contribution is 7.12. The van der Waals surface area contributed by atoms with Crippen LogP contribution in [0.4, 0.5) is 0 Å². The first-order chi connectivity index (χ1) is 8.15. The molecule has 18 heavy (non-hydrogen) atoms. The van der Waals surface area contributed by atoms with Gasteiger partial charge in [0.25, 0.3) is 0 Å². The van der Waals surface area contributed by atoms with E-state index in [9.17, 15) is 9.59 Å². The molecule has 0 saturated heterocycles. The molecule has 0 aromatic carbocycles. The number of nitrogens with zero attached hydrogens (tertiary/aromatic N) is 1. The summed E-state index contributed by atoms with van der Waals surface area (Å²) >= 11 is 1.42. The van der Waals surface area contributed by atoms with Gasteiger partial charge in [-0.15, -0.1) is 23.7 Å². The summed E-state index contributed by atoms with van der Waals surface area (Å²) in [4.78, 5) is 25.7. The number of rotatable bonds is 7. The lowest BCUT2D eigenvalue weighted by Gasteiger charge is -2.16. The van der Waals surface area contributed by atoms with Gasteiger partial charge in [-0.2, -0.15) is 0 Å². The van der Waals surface area contributed by atoms with Crippen molar-refractivity contribution < 1.29 is 9.59 Å². The summed E-state index contributed by atoms with van der Waals surface area (Å²) in [7, 11) is 3.61. The van der Waals surface area contributed by atoms with Gasteiger partial charge >= 0.3 is 0 Å². The number of hydrogen-bond acceptors (Lipinski definition) is 4. The Morgan fingerprint density at radius 1 is 1.39 bits per heavy atom. The Bertz CT molecular complexity index is 368. The second-order valence-corrected chi connectivity index (χ2v) is 4.77. The van der Waals surface area contributed by atoms with E-state index >= 15 is 0 Å². The van der Waals surface area contributed by atoms with Crippen LogP contribution in [0.25, 0.3) is 0 Å². The maximum Gasteiger partial charge on any atom is 0.222 e. The van der Waals surface area contributed by atoms with Gasteiger partial charge in [0.2, 0.25) is 5.91 Å². The molecule has 1 aromatic heterocycles. The first-order valence-corrected chi connectivity index (χ1v) is 6.48. The number of halogens is 1. The summed E-state index contributed by atoms with van der Waals surface area (Å²) < 4.78 is 0. The third-order valence-corrected chi connectivity index (χ3v) is 3.40. The highest BCUT2D eigenvalue weighted by Gasteiger charge is 2.12. The van der Waals surface area contributed by atoms with Crippen molar-refractivity contribution in [2.45, 2.75) is 12.8 Å². The summed E-state index contributed by atoms with van der Waals surface area (Å²) in [6, 6.07) is 3.64. The van der Waals surface area contributed by atoms with Crippen molar-refractivity contribution in [3.63, 3.8) is 0 Å². The van der Waals surface area contributed by atoms with E-state index in [1.54, 1.807) is 18.0 Å². The molecule has 6 heteroatoms. The number of carbonyl (C=O) groups excluding carboxylic acids is 2. The zero-order chi connectivity index (χ0) is 12.7. The molecule has 4 nitrogen and oxygen atoms in total. The summed E-state index contributed by atoms with van der Waals surface area (Å²) in [6.45, 7) is 1.43. The summed E-state index contributed by atoms with van der Waals surface area (Å²) in [6.07, 6.45) is 0.584. The fourth-order valence-electron chi connectivity index (χ4n) is 1.38. The number of nitrogens with one attached hydrogen (secondary N) is 1. The zero-order valence-corrected chi connectivity index (χ0v) is 12.3. The predicted molar refractivity (Wildman–Crippen MR) is 76.7 cm³/mol. The quantitative estimate of drug-likeness (QED) is 0.779. The smallest absolute Gasteiger partial charge is 0.222 e. The van der Waals surface area contributed by atoms with Gasteiger partial charge in [-0.1, -0.05) is 6.07 Å². The van der Waals surface area contributed by atoms with Crippen LogP contribution in [0, 0.1) is 0 Å². The molecule has 1 rings (SSSR count). The first-order valence-electron chi connectivity index (χ1n) is 5.60. The van der Waals surface area contributed by atoms with Crippen LogP contribution in [0.3, 0.4) is 0 Å². The average molecular weight is 291 g/mol. The van der Waals surface area contributed by atoms with Crippen molar-refractivity contribution in [3.05, 3.63) is 22.4 Å². The van der Waals surface area contributed by atoms with E-state index in [1.807, 2.05) is 18.5 Å². The topological polar surface area (TPSA) is 49.4 Å². The van der Waals surface area contributed by atoms with Crippen LogP contribution in [0.5, 0.6) is 0 Å². The molecule has 0 spiro atoms. The normalized spacial score (nSPS) is 9.67. The van der Waals surface area contributed by atoms with E-state index in [4.69, 9.17) is 0 Å². The van der Waals surface area contributed by atoms with Crippen molar-refractivity contribution >= 4 is 35.4 Å². The number of amides is 1. The van der Waals surface area contributed by atoms with Gasteiger partial charge in [0.15, 0.2) is 5.78 Å². The second-order valence-electron chi connectivity index (χ2n) is 3.82. The van der Waals surface area contributed by atoms with E-state index < -0.39 is 0 Å². The molecule has 1 N–H and O–H groups in total. The Morgan fingerprint density at radius 3 is 2.67 bits per heavy atom. The van der Waals surface area contributed by atoms with Crippen LogP contribution in [0.1, 0.15) is 22.5 Å². The van der Waals surface area contributed by atoms with Gasteiger partial charge in [0, 0.05) is 33.0 Å². The van der Waals surface area contributed by atoms with Crippen molar-refractivity contribution in [2.75, 3.05) is 27.2 Å². The number of hydrogen-bond donors (Lipinski definition) is 1. The maximum absolute atomic E-state index is 11.7. The largest absolute Gasteiger partial charge is 0.344 e. The molecule has 1 aromatic rings. The molecule has 1 amide bonds. The molecule has 0 saturated carbocycles. The molecular formula is C12H19ClN2O2S. The van der Waals surface area contributed by atoms with Gasteiger partial charge in [0.05, 0.1) is 4.88 Å². The van der Waals surface area contributed by atoms with Crippen LogP contribution < -0.4 is 5.32 Å². The molecule has 0 atom stereocenters. The fourth-order valence-corrected chi connectivity index (χ4v) is 2.07. The molecule has 0 aliphatic carbocycles. The maximum atomic E-state index is 11.7. The highest BCUT2D eigenvalue weighted by atomic mass is 35.5. The highest BCUT2D eigenvalue weighted by Crippen LogP contribution is 2.12. The van der Waals surface area contributed by atoms with Crippen LogP contribution in [0.2, 0.25) is 0 Å². The SMILES string of the molecule is CNCCN(C)C(=O)CCC(=O)c1cccs1.Cl. The van der Waals surface area contributed by atoms with E-state index in [0.29, 0.717) is 13.0 Å². The van der Waals surface area contributed by atoms with Crippen molar-refractivity contribution in [2.24, 2.45) is 0 Å². The standard InChI is InChI=1S/C12H18N2O2S.ClH/c1-13-7-8-14(2)12(16)6-5-10(15)11-4-3-9-17-11;/h3-4,9,13H,5-8H2,1-2H3;1H. The molecule has 102 valence electrons. The lowest BCUT2D eigenvalue weighted by atomic mass is 10.2. The lowest BCUT2D eigenvalue weighted by molar-refractivity contribution is -0.129. The van der Waals surface area contributed by atoms with Crippen LogP contribution in [-0.4, -0.2) is 43.8 Å². The third kappa shape index (κ3) is 5.62. The molecule has 0 aliphatic heterocycles. The number of ketones is 1. The number of Topliss-reactive ketones (excluding diaryl/α,β-unsaturated/α-hetero) is 1. The molecule has 1 heterocycles. The van der Waals surface area contributed by atoms with Crippen molar-refractivity contribution in [1.82, 2.24) is 10.2 Å². The van der Waals surface area contributed by atoms with Crippen molar-refractivity contribution in [3.8, 4) is 0 Å². The molecule has 0 fully saturated rings.